The fourth-order valence-electron chi connectivity index (χ4n) is 2.06. The predicted molar refractivity (Wildman–Crippen MR) is 75.7 cm³/mol. The molecule has 0 amide bonds. The van der Waals surface area contributed by atoms with E-state index in [1.807, 2.05) is 0 Å². The molecule has 110 valence electrons. The van der Waals surface area contributed by atoms with Crippen LogP contribution in [0.15, 0.2) is 12.1 Å². The second-order valence-corrected chi connectivity index (χ2v) is 5.21. The Morgan fingerprint density at radius 2 is 2.15 bits per heavy atom. The van der Waals surface area contributed by atoms with Gasteiger partial charge in [0, 0.05) is 5.56 Å². The maximum atomic E-state index is 11.4. The lowest BCUT2D eigenvalue weighted by Crippen LogP contribution is -2.30. The number of benzene rings is 1. The molecule has 0 spiro atoms. The van der Waals surface area contributed by atoms with Crippen molar-refractivity contribution in [3.8, 4) is 11.5 Å². The Balaban J connectivity index is 2.29. The molecule has 0 aliphatic heterocycles. The second kappa shape index (κ2) is 6.33. The zero-order valence-corrected chi connectivity index (χ0v) is 12.2. The quantitative estimate of drug-likeness (QED) is 0.809. The highest BCUT2D eigenvalue weighted by molar-refractivity contribution is 6.33. The van der Waals surface area contributed by atoms with E-state index in [1.165, 1.54) is 14.2 Å². The Bertz CT molecular complexity index is 502. The van der Waals surface area contributed by atoms with Crippen molar-refractivity contribution in [2.45, 2.75) is 18.9 Å². The molecular formula is C14H18ClNO4. The number of carbonyl (C=O) groups is 1. The van der Waals surface area contributed by atoms with E-state index in [2.05, 4.69) is 5.32 Å². The lowest BCUT2D eigenvalue weighted by atomic mass is 10.1. The Labute approximate surface area is 122 Å². The van der Waals surface area contributed by atoms with Crippen molar-refractivity contribution in [2.75, 3.05) is 20.8 Å². The summed E-state index contributed by atoms with van der Waals surface area (Å²) in [5.74, 6) is 0.453. The molecule has 1 unspecified atom stereocenters. The number of hydrogen-bond acceptors (Lipinski definition) is 4. The number of methoxy groups -OCH3 is 2. The number of carboxylic acids is 1. The SMILES string of the molecule is COc1ccc(C(NCC2CC2)C(=O)O)c(Cl)c1OC. The molecule has 1 aromatic carbocycles. The highest BCUT2D eigenvalue weighted by Crippen LogP contribution is 2.40. The Morgan fingerprint density at radius 1 is 1.45 bits per heavy atom. The van der Waals surface area contributed by atoms with Crippen molar-refractivity contribution in [3.05, 3.63) is 22.7 Å². The molecule has 0 aromatic heterocycles. The summed E-state index contributed by atoms with van der Waals surface area (Å²) in [5.41, 5.74) is 0.484. The van der Waals surface area contributed by atoms with Crippen LogP contribution < -0.4 is 14.8 Å². The molecule has 1 saturated carbocycles. The fraction of sp³-hybridized carbons (Fsp3) is 0.500. The van der Waals surface area contributed by atoms with Crippen LogP contribution in [0.4, 0.5) is 0 Å². The summed E-state index contributed by atoms with van der Waals surface area (Å²) in [6, 6.07) is 2.47. The number of hydrogen-bond donors (Lipinski definition) is 2. The number of ether oxygens (including phenoxy) is 2. The molecule has 1 atom stereocenters. The van der Waals surface area contributed by atoms with Gasteiger partial charge in [-0.3, -0.25) is 4.79 Å². The van der Waals surface area contributed by atoms with E-state index in [1.54, 1.807) is 12.1 Å². The summed E-state index contributed by atoms with van der Waals surface area (Å²) in [5, 5.41) is 12.7. The molecule has 0 saturated heterocycles. The van der Waals surface area contributed by atoms with Gasteiger partial charge in [-0.1, -0.05) is 17.7 Å². The van der Waals surface area contributed by atoms with E-state index in [-0.39, 0.29) is 5.02 Å². The van der Waals surface area contributed by atoms with Crippen molar-refractivity contribution in [1.82, 2.24) is 5.32 Å². The number of aliphatic carboxylic acids is 1. The summed E-state index contributed by atoms with van der Waals surface area (Å²) >= 11 is 6.25. The smallest absolute Gasteiger partial charge is 0.325 e. The van der Waals surface area contributed by atoms with E-state index in [9.17, 15) is 9.90 Å². The Morgan fingerprint density at radius 3 is 2.65 bits per heavy atom. The molecule has 0 radical (unpaired) electrons. The Kier molecular flexibility index (Phi) is 4.73. The van der Waals surface area contributed by atoms with Gasteiger partial charge in [0.1, 0.15) is 6.04 Å². The fourth-order valence-corrected chi connectivity index (χ4v) is 2.41. The third-order valence-electron chi connectivity index (χ3n) is 3.38. The summed E-state index contributed by atoms with van der Waals surface area (Å²) in [4.78, 5) is 11.4. The lowest BCUT2D eigenvalue weighted by molar-refractivity contribution is -0.139. The van der Waals surface area contributed by atoms with E-state index < -0.39 is 12.0 Å². The monoisotopic (exact) mass is 299 g/mol. The molecule has 20 heavy (non-hydrogen) atoms. The minimum atomic E-state index is -0.959. The third-order valence-corrected chi connectivity index (χ3v) is 3.77. The van der Waals surface area contributed by atoms with Crippen LogP contribution in [0.1, 0.15) is 24.4 Å². The van der Waals surface area contributed by atoms with Gasteiger partial charge in [-0.15, -0.1) is 0 Å². The number of halogens is 1. The van der Waals surface area contributed by atoms with Crippen molar-refractivity contribution in [2.24, 2.45) is 5.92 Å². The largest absolute Gasteiger partial charge is 0.493 e. The van der Waals surface area contributed by atoms with Crippen molar-refractivity contribution < 1.29 is 19.4 Å². The van der Waals surface area contributed by atoms with Crippen LogP contribution in [0.2, 0.25) is 5.02 Å². The molecule has 5 nitrogen and oxygen atoms in total. The van der Waals surface area contributed by atoms with E-state index in [4.69, 9.17) is 21.1 Å². The average molecular weight is 300 g/mol. The molecule has 2 rings (SSSR count). The molecule has 1 aliphatic carbocycles. The van der Waals surface area contributed by atoms with Gasteiger partial charge in [0.2, 0.25) is 0 Å². The molecule has 1 fully saturated rings. The van der Waals surface area contributed by atoms with Gasteiger partial charge >= 0.3 is 5.97 Å². The molecule has 6 heteroatoms. The van der Waals surface area contributed by atoms with Crippen LogP contribution in [0.25, 0.3) is 0 Å². The standard InChI is InChI=1S/C14H18ClNO4/c1-19-10-6-5-9(11(15)13(10)20-2)12(14(17)18)16-7-8-3-4-8/h5-6,8,12,16H,3-4,7H2,1-2H3,(H,17,18). The van der Waals surface area contributed by atoms with Crippen LogP contribution in [0, 0.1) is 5.92 Å². The van der Waals surface area contributed by atoms with Crippen LogP contribution in [0.3, 0.4) is 0 Å². The zero-order chi connectivity index (χ0) is 14.7. The van der Waals surface area contributed by atoms with Gasteiger partial charge in [0.05, 0.1) is 19.2 Å². The van der Waals surface area contributed by atoms with Crippen LogP contribution in [0.5, 0.6) is 11.5 Å². The number of rotatable bonds is 7. The first-order valence-corrected chi connectivity index (χ1v) is 6.82. The van der Waals surface area contributed by atoms with Crippen molar-refractivity contribution in [1.29, 1.82) is 0 Å². The summed E-state index contributed by atoms with van der Waals surface area (Å²) in [6.45, 7) is 0.682. The maximum Gasteiger partial charge on any atom is 0.325 e. The first kappa shape index (κ1) is 14.9. The first-order valence-electron chi connectivity index (χ1n) is 6.45. The van der Waals surface area contributed by atoms with E-state index >= 15 is 0 Å². The highest BCUT2D eigenvalue weighted by atomic mass is 35.5. The molecule has 1 aliphatic rings. The molecule has 2 N–H and O–H groups in total. The van der Waals surface area contributed by atoms with Crippen LogP contribution >= 0.6 is 11.6 Å². The number of carboxylic acid groups (broad SMARTS) is 1. The van der Waals surface area contributed by atoms with Gasteiger partial charge in [-0.25, -0.2) is 0 Å². The van der Waals surface area contributed by atoms with Gasteiger partial charge < -0.3 is 19.9 Å². The van der Waals surface area contributed by atoms with E-state index in [0.717, 1.165) is 12.8 Å². The van der Waals surface area contributed by atoms with Crippen LogP contribution in [-0.4, -0.2) is 31.8 Å². The molecule has 0 heterocycles. The topological polar surface area (TPSA) is 67.8 Å². The van der Waals surface area contributed by atoms with Gasteiger partial charge in [-0.05, 0) is 31.4 Å². The first-order chi connectivity index (χ1) is 9.58. The summed E-state index contributed by atoms with van der Waals surface area (Å²) in [6.07, 6.45) is 2.30. The van der Waals surface area contributed by atoms with Gasteiger partial charge in [0.15, 0.2) is 11.5 Å². The van der Waals surface area contributed by atoms with Crippen LogP contribution in [-0.2, 0) is 4.79 Å². The zero-order valence-electron chi connectivity index (χ0n) is 11.5. The lowest BCUT2D eigenvalue weighted by Gasteiger charge is -2.19. The summed E-state index contributed by atoms with van der Waals surface area (Å²) in [7, 11) is 2.98. The number of nitrogens with one attached hydrogen (secondary N) is 1. The molecule has 0 bridgehead atoms. The average Bonchev–Trinajstić information content (AvgIpc) is 3.23. The summed E-state index contributed by atoms with van der Waals surface area (Å²) < 4.78 is 10.3. The minimum Gasteiger partial charge on any atom is -0.493 e. The van der Waals surface area contributed by atoms with Gasteiger partial charge in [-0.2, -0.15) is 0 Å². The minimum absolute atomic E-state index is 0.266. The van der Waals surface area contributed by atoms with Crippen molar-refractivity contribution in [3.63, 3.8) is 0 Å². The highest BCUT2D eigenvalue weighted by Gasteiger charge is 2.28. The molecular weight excluding hydrogens is 282 g/mol. The van der Waals surface area contributed by atoms with Gasteiger partial charge in [0.25, 0.3) is 0 Å². The van der Waals surface area contributed by atoms with Crippen molar-refractivity contribution >= 4 is 17.6 Å². The van der Waals surface area contributed by atoms with E-state index in [0.29, 0.717) is 29.5 Å². The third kappa shape index (κ3) is 3.16. The maximum absolute atomic E-state index is 11.4. The normalized spacial score (nSPS) is 15.8. The predicted octanol–water partition coefficient (Wildman–Crippen LogP) is 2.48. The molecule has 1 aromatic rings. The second-order valence-electron chi connectivity index (χ2n) is 4.83. The Hall–Kier alpha value is -1.46.